The maximum Gasteiger partial charge on any atom is 0.274 e. The van der Waals surface area contributed by atoms with Crippen LogP contribution in [0.4, 0.5) is 0 Å². The topological polar surface area (TPSA) is 105 Å². The van der Waals surface area contributed by atoms with E-state index in [0.717, 1.165) is 18.4 Å². The Morgan fingerprint density at radius 2 is 1.77 bits per heavy atom. The second-order valence-corrected chi connectivity index (χ2v) is 6.50. The molecule has 3 N–H and O–H groups in total. The van der Waals surface area contributed by atoms with Crippen LogP contribution in [0.1, 0.15) is 45.4 Å². The number of fused-ring (bicyclic) bond motifs is 1. The number of hydrogen-bond donors (Lipinski definition) is 2. The van der Waals surface area contributed by atoms with E-state index in [4.69, 9.17) is 5.73 Å². The zero-order valence-corrected chi connectivity index (χ0v) is 14.2. The van der Waals surface area contributed by atoms with Crippen LogP contribution in [-0.4, -0.2) is 44.8 Å². The number of hydrogen-bond acceptors (Lipinski definition) is 4. The van der Waals surface area contributed by atoms with E-state index >= 15 is 0 Å². The molecule has 2 aromatic heterocycles. The van der Waals surface area contributed by atoms with Gasteiger partial charge in [0.15, 0.2) is 11.4 Å². The molecule has 0 unspecified atom stereocenters. The third-order valence-electron chi connectivity index (χ3n) is 4.91. The number of carbonyl (C=O) groups is 2. The highest BCUT2D eigenvalue weighted by molar-refractivity contribution is 6.04. The number of benzene rings is 1. The molecule has 1 aliphatic heterocycles. The van der Waals surface area contributed by atoms with Gasteiger partial charge < -0.3 is 15.6 Å². The Balaban J connectivity index is 1.48. The number of para-hydroxylation sites is 1. The number of carbonyl (C=O) groups excluding carboxylic acids is 2. The molecule has 1 saturated heterocycles. The molecule has 1 fully saturated rings. The van der Waals surface area contributed by atoms with Crippen LogP contribution >= 0.6 is 0 Å². The first kappa shape index (κ1) is 16.3. The second-order valence-electron chi connectivity index (χ2n) is 6.50. The molecular formula is C19H19N5O2. The van der Waals surface area contributed by atoms with Crippen molar-refractivity contribution in [1.29, 1.82) is 0 Å². The minimum absolute atomic E-state index is 0.0315. The van der Waals surface area contributed by atoms with Crippen LogP contribution in [0.25, 0.3) is 10.9 Å². The standard InChI is InChI=1S/C19H19N5O2/c20-18(25)16-17(22-8-7-21-16)19(26)24-9-5-12(6-10-24)15-11-13-3-1-2-4-14(13)23-15/h1-4,7-8,11-12,23H,5-6,9-10H2,(H2,20,25). The van der Waals surface area contributed by atoms with Gasteiger partial charge in [0.1, 0.15) is 0 Å². The summed E-state index contributed by atoms with van der Waals surface area (Å²) >= 11 is 0. The molecule has 0 radical (unpaired) electrons. The van der Waals surface area contributed by atoms with Gasteiger partial charge in [-0.1, -0.05) is 18.2 Å². The number of primary amides is 1. The number of aromatic amines is 1. The van der Waals surface area contributed by atoms with Crippen LogP contribution < -0.4 is 5.73 Å². The maximum absolute atomic E-state index is 12.7. The SMILES string of the molecule is NC(=O)c1nccnc1C(=O)N1CCC(c2cc3ccccc3[nH]2)CC1. The van der Waals surface area contributed by atoms with E-state index < -0.39 is 5.91 Å². The minimum Gasteiger partial charge on any atom is -0.364 e. The average molecular weight is 349 g/mol. The summed E-state index contributed by atoms with van der Waals surface area (Å²) in [7, 11) is 0. The van der Waals surface area contributed by atoms with Crippen molar-refractivity contribution in [1.82, 2.24) is 19.9 Å². The normalized spacial score (nSPS) is 15.3. The molecule has 0 spiro atoms. The van der Waals surface area contributed by atoms with Gasteiger partial charge in [0.05, 0.1) is 0 Å². The number of aromatic nitrogens is 3. The van der Waals surface area contributed by atoms with Gasteiger partial charge in [0.25, 0.3) is 11.8 Å². The van der Waals surface area contributed by atoms with Gasteiger partial charge in [-0.05, 0) is 30.4 Å². The minimum atomic E-state index is -0.741. The van der Waals surface area contributed by atoms with Gasteiger partial charge >= 0.3 is 0 Å². The molecule has 4 rings (SSSR count). The molecule has 0 atom stereocenters. The maximum atomic E-state index is 12.7. The number of nitrogens with zero attached hydrogens (tertiary/aromatic N) is 3. The Hall–Kier alpha value is -3.22. The molecular weight excluding hydrogens is 330 g/mol. The number of piperidine rings is 1. The Labute approximate surface area is 150 Å². The van der Waals surface area contributed by atoms with E-state index in [9.17, 15) is 9.59 Å². The zero-order chi connectivity index (χ0) is 18.1. The summed E-state index contributed by atoms with van der Waals surface area (Å²) in [5.41, 5.74) is 7.59. The fourth-order valence-corrected chi connectivity index (χ4v) is 3.53. The van der Waals surface area contributed by atoms with Gasteiger partial charge in [-0.25, -0.2) is 9.97 Å². The fraction of sp³-hybridized carbons (Fsp3) is 0.263. The van der Waals surface area contributed by atoms with E-state index in [1.165, 1.54) is 23.5 Å². The number of H-pyrrole nitrogens is 1. The van der Waals surface area contributed by atoms with E-state index in [-0.39, 0.29) is 17.3 Å². The molecule has 2 amide bonds. The highest BCUT2D eigenvalue weighted by Crippen LogP contribution is 2.30. The van der Waals surface area contributed by atoms with Crippen molar-refractivity contribution in [2.24, 2.45) is 5.73 Å². The summed E-state index contributed by atoms with van der Waals surface area (Å²) < 4.78 is 0. The lowest BCUT2D eigenvalue weighted by Gasteiger charge is -2.31. The van der Waals surface area contributed by atoms with E-state index in [2.05, 4.69) is 33.2 Å². The molecule has 26 heavy (non-hydrogen) atoms. The molecule has 0 aliphatic carbocycles. The van der Waals surface area contributed by atoms with Crippen molar-refractivity contribution in [3.05, 3.63) is 59.8 Å². The molecule has 0 saturated carbocycles. The second kappa shape index (κ2) is 6.59. The average Bonchev–Trinajstić information content (AvgIpc) is 3.12. The first-order valence-corrected chi connectivity index (χ1v) is 8.61. The number of nitrogens with one attached hydrogen (secondary N) is 1. The van der Waals surface area contributed by atoms with E-state index in [1.54, 1.807) is 4.90 Å². The quantitative estimate of drug-likeness (QED) is 0.755. The predicted octanol–water partition coefficient (Wildman–Crippen LogP) is 2.08. The Morgan fingerprint density at radius 3 is 2.46 bits per heavy atom. The van der Waals surface area contributed by atoms with Crippen LogP contribution in [0.3, 0.4) is 0 Å². The summed E-state index contributed by atoms with van der Waals surface area (Å²) in [6.45, 7) is 1.21. The summed E-state index contributed by atoms with van der Waals surface area (Å²) in [4.78, 5) is 37.3. The summed E-state index contributed by atoms with van der Waals surface area (Å²) in [6, 6.07) is 10.4. The van der Waals surface area contributed by atoms with Crippen molar-refractivity contribution in [2.75, 3.05) is 13.1 Å². The van der Waals surface area contributed by atoms with Crippen molar-refractivity contribution in [3.8, 4) is 0 Å². The smallest absolute Gasteiger partial charge is 0.274 e. The third kappa shape index (κ3) is 2.92. The number of rotatable bonds is 3. The molecule has 3 heterocycles. The molecule has 3 aromatic rings. The molecule has 0 bridgehead atoms. The number of likely N-dealkylation sites (tertiary alicyclic amines) is 1. The lowest BCUT2D eigenvalue weighted by atomic mass is 9.93. The van der Waals surface area contributed by atoms with Crippen LogP contribution in [0, 0.1) is 0 Å². The molecule has 132 valence electrons. The lowest BCUT2D eigenvalue weighted by Crippen LogP contribution is -2.39. The van der Waals surface area contributed by atoms with Gasteiger partial charge in [0, 0.05) is 42.6 Å². The zero-order valence-electron chi connectivity index (χ0n) is 14.2. The largest absolute Gasteiger partial charge is 0.364 e. The summed E-state index contributed by atoms with van der Waals surface area (Å²) in [6.07, 6.45) is 4.46. The molecule has 7 nitrogen and oxygen atoms in total. The third-order valence-corrected chi connectivity index (χ3v) is 4.91. The highest BCUT2D eigenvalue weighted by atomic mass is 16.2. The Morgan fingerprint density at radius 1 is 1.08 bits per heavy atom. The van der Waals surface area contributed by atoms with Gasteiger partial charge in [-0.15, -0.1) is 0 Å². The van der Waals surface area contributed by atoms with Crippen molar-refractivity contribution in [3.63, 3.8) is 0 Å². The lowest BCUT2D eigenvalue weighted by molar-refractivity contribution is 0.0700. The molecule has 7 heteroatoms. The molecule has 1 aromatic carbocycles. The van der Waals surface area contributed by atoms with Gasteiger partial charge in [-0.2, -0.15) is 0 Å². The van der Waals surface area contributed by atoms with Crippen molar-refractivity contribution in [2.45, 2.75) is 18.8 Å². The van der Waals surface area contributed by atoms with Crippen LogP contribution in [0.15, 0.2) is 42.7 Å². The first-order valence-electron chi connectivity index (χ1n) is 8.61. The van der Waals surface area contributed by atoms with Crippen molar-refractivity contribution < 1.29 is 9.59 Å². The predicted molar refractivity (Wildman–Crippen MR) is 96.7 cm³/mol. The molecule has 1 aliphatic rings. The van der Waals surface area contributed by atoms with Crippen LogP contribution in [0.2, 0.25) is 0 Å². The van der Waals surface area contributed by atoms with Gasteiger partial charge in [-0.3, -0.25) is 9.59 Å². The first-order chi connectivity index (χ1) is 12.6. The summed E-state index contributed by atoms with van der Waals surface area (Å²) in [5, 5.41) is 1.20. The summed E-state index contributed by atoms with van der Waals surface area (Å²) in [5.74, 6) is -0.652. The van der Waals surface area contributed by atoms with Crippen LogP contribution in [0.5, 0.6) is 0 Å². The number of nitrogens with two attached hydrogens (primary N) is 1. The number of amides is 2. The highest BCUT2D eigenvalue weighted by Gasteiger charge is 2.28. The Kier molecular flexibility index (Phi) is 4.12. The van der Waals surface area contributed by atoms with E-state index in [1.807, 2.05) is 12.1 Å². The van der Waals surface area contributed by atoms with Crippen molar-refractivity contribution >= 4 is 22.7 Å². The Bertz CT molecular complexity index is 940. The monoisotopic (exact) mass is 349 g/mol. The van der Waals surface area contributed by atoms with Gasteiger partial charge in [0.2, 0.25) is 0 Å². The van der Waals surface area contributed by atoms with Crippen LogP contribution in [-0.2, 0) is 0 Å². The fourth-order valence-electron chi connectivity index (χ4n) is 3.53. The van der Waals surface area contributed by atoms with E-state index in [0.29, 0.717) is 19.0 Å².